The molecule has 0 fully saturated rings. The second kappa shape index (κ2) is 7.61. The van der Waals surface area contributed by atoms with Crippen molar-refractivity contribution in [2.45, 2.75) is 6.92 Å². The van der Waals surface area contributed by atoms with Crippen molar-refractivity contribution in [2.75, 3.05) is 6.61 Å². The third-order valence-electron chi connectivity index (χ3n) is 0.734. The minimum absolute atomic E-state index is 0. The number of nitriles is 1. The molecule has 0 aromatic carbocycles. The van der Waals surface area contributed by atoms with Crippen LogP contribution in [0.25, 0.3) is 0 Å². The zero-order valence-electron chi connectivity index (χ0n) is 6.46. The Morgan fingerprint density at radius 3 is 2.64 bits per heavy atom. The van der Waals surface area contributed by atoms with E-state index in [1.807, 2.05) is 0 Å². The summed E-state index contributed by atoms with van der Waals surface area (Å²) in [5.74, 6) is -0.861. The van der Waals surface area contributed by atoms with Crippen molar-refractivity contribution in [3.63, 3.8) is 0 Å². The number of ether oxygens (including phenoxy) is 1. The number of carbonyl (C=O) groups excluding carboxylic acids is 1. The summed E-state index contributed by atoms with van der Waals surface area (Å²) < 4.78 is 4.36. The number of esters is 1. The molecule has 0 amide bonds. The van der Waals surface area contributed by atoms with Crippen LogP contribution in [0.3, 0.4) is 0 Å². The van der Waals surface area contributed by atoms with Crippen LogP contribution in [0.2, 0.25) is 0 Å². The summed E-state index contributed by atoms with van der Waals surface area (Å²) in [6, 6.07) is 1.41. The average molecular weight is 163 g/mol. The molecule has 0 aliphatic rings. The van der Waals surface area contributed by atoms with Gasteiger partial charge in [0.05, 0.1) is 6.61 Å². The Morgan fingerprint density at radius 1 is 1.82 bits per heavy atom. The van der Waals surface area contributed by atoms with Crippen molar-refractivity contribution in [3.8, 4) is 6.07 Å². The van der Waals surface area contributed by atoms with Crippen molar-refractivity contribution in [1.29, 1.82) is 5.26 Å². The average Bonchev–Trinajstić information content (AvgIpc) is 1.91. The Bertz CT molecular complexity index is 194. The number of carbonyl (C=O) groups is 1. The van der Waals surface area contributed by atoms with Crippen molar-refractivity contribution in [1.82, 2.24) is 0 Å². The van der Waals surface area contributed by atoms with E-state index in [4.69, 9.17) is 5.26 Å². The Morgan fingerprint density at radius 2 is 2.36 bits per heavy atom. The maximum atomic E-state index is 10.5. The Labute approximate surface area is 86.7 Å². The van der Waals surface area contributed by atoms with Crippen LogP contribution in [0, 0.1) is 11.3 Å². The normalized spacial score (nSPS) is 9.27. The molecule has 0 radical (unpaired) electrons. The molecule has 0 unspecified atom stereocenters. The van der Waals surface area contributed by atoms with Gasteiger partial charge in [-0.3, -0.25) is 0 Å². The zero-order chi connectivity index (χ0) is 7.98. The van der Waals surface area contributed by atoms with E-state index >= 15 is 0 Å². The first-order valence-corrected chi connectivity index (χ1v) is 2.65. The molecule has 0 saturated heterocycles. The van der Waals surface area contributed by atoms with Gasteiger partial charge in [0.2, 0.25) is 0 Å². The van der Waals surface area contributed by atoms with Gasteiger partial charge in [-0.2, -0.15) is 5.26 Å². The Kier molecular flexibility index (Phi) is 9.07. The molecule has 0 aliphatic carbocycles. The quantitative estimate of drug-likeness (QED) is 0.138. The first-order chi connectivity index (χ1) is 4.76. The summed E-state index contributed by atoms with van der Waals surface area (Å²) in [6.07, 6.45) is 0.179. The topological polar surface area (TPSA) is 73.2 Å². The van der Waals surface area contributed by atoms with Gasteiger partial charge in [-0.05, 0) is 6.92 Å². The summed E-state index contributed by atoms with van der Waals surface area (Å²) >= 11 is 0. The van der Waals surface area contributed by atoms with Crippen LogP contribution in [-0.4, -0.2) is 12.6 Å². The molecule has 0 rings (SSSR count). The number of hydrogen-bond donors (Lipinski definition) is 0. The van der Waals surface area contributed by atoms with E-state index in [1.165, 1.54) is 6.07 Å². The van der Waals surface area contributed by atoms with Crippen LogP contribution in [-0.2, 0) is 9.53 Å². The van der Waals surface area contributed by atoms with Crippen LogP contribution in [0.4, 0.5) is 0 Å². The van der Waals surface area contributed by atoms with E-state index in [0.29, 0.717) is 0 Å². The maximum Gasteiger partial charge on any atom is 1.00 e. The fourth-order valence-corrected chi connectivity index (χ4v) is 0.329. The molecular weight excluding hydrogens is 157 g/mol. The molecular formula is C6H6NNaO3. The minimum atomic E-state index is -0.861. The maximum absolute atomic E-state index is 10.5. The molecule has 54 valence electrons. The van der Waals surface area contributed by atoms with Gasteiger partial charge in [0, 0.05) is 0 Å². The van der Waals surface area contributed by atoms with E-state index in [2.05, 4.69) is 4.74 Å². The van der Waals surface area contributed by atoms with Gasteiger partial charge in [-0.1, -0.05) is 0 Å². The molecule has 0 saturated carbocycles. The van der Waals surface area contributed by atoms with Crippen molar-refractivity contribution < 1.29 is 44.2 Å². The van der Waals surface area contributed by atoms with Crippen molar-refractivity contribution in [3.05, 3.63) is 11.8 Å². The molecule has 0 aromatic heterocycles. The second-order valence-corrected chi connectivity index (χ2v) is 1.36. The largest absolute Gasteiger partial charge is 1.00 e. The summed E-state index contributed by atoms with van der Waals surface area (Å²) in [4.78, 5) is 10.5. The third kappa shape index (κ3) is 4.85. The van der Waals surface area contributed by atoms with Crippen LogP contribution in [0.1, 0.15) is 6.92 Å². The SMILES string of the molecule is CCOC(=O)C(C#N)=C[O-].[Na+]. The van der Waals surface area contributed by atoms with Crippen molar-refractivity contribution >= 4 is 5.97 Å². The predicted molar refractivity (Wildman–Crippen MR) is 30.3 cm³/mol. The monoisotopic (exact) mass is 163 g/mol. The molecule has 0 aliphatic heterocycles. The molecule has 0 bridgehead atoms. The minimum Gasteiger partial charge on any atom is -0.877 e. The van der Waals surface area contributed by atoms with Gasteiger partial charge in [0.1, 0.15) is 11.6 Å². The molecule has 0 heterocycles. The number of hydrogen-bond acceptors (Lipinski definition) is 4. The van der Waals surface area contributed by atoms with Gasteiger partial charge in [-0.25, -0.2) is 4.79 Å². The summed E-state index contributed by atoms with van der Waals surface area (Å²) in [5.41, 5.74) is -0.498. The van der Waals surface area contributed by atoms with Gasteiger partial charge >= 0.3 is 35.5 Å². The fraction of sp³-hybridized carbons (Fsp3) is 0.333. The molecule has 0 atom stereocenters. The zero-order valence-corrected chi connectivity index (χ0v) is 8.46. The molecule has 11 heavy (non-hydrogen) atoms. The standard InChI is InChI=1S/C6H7NO3.Na/c1-2-10-6(9)5(3-7)4-8;/h4,8H,2H2,1H3;/q;+1/p-1. The van der Waals surface area contributed by atoms with E-state index in [1.54, 1.807) is 6.92 Å². The second-order valence-electron chi connectivity index (χ2n) is 1.36. The smallest absolute Gasteiger partial charge is 0.877 e. The first-order valence-electron chi connectivity index (χ1n) is 2.65. The summed E-state index contributed by atoms with van der Waals surface area (Å²) in [7, 11) is 0. The molecule has 5 heteroatoms. The van der Waals surface area contributed by atoms with Crippen LogP contribution in [0.15, 0.2) is 11.8 Å². The van der Waals surface area contributed by atoms with E-state index in [0.717, 1.165) is 0 Å². The van der Waals surface area contributed by atoms with Gasteiger partial charge in [0.15, 0.2) is 0 Å². The third-order valence-corrected chi connectivity index (χ3v) is 0.734. The van der Waals surface area contributed by atoms with Gasteiger partial charge in [0.25, 0.3) is 0 Å². The molecule has 4 nitrogen and oxygen atoms in total. The summed E-state index contributed by atoms with van der Waals surface area (Å²) in [6.45, 7) is 1.76. The molecule has 0 aromatic rings. The van der Waals surface area contributed by atoms with Crippen molar-refractivity contribution in [2.24, 2.45) is 0 Å². The predicted octanol–water partition coefficient (Wildman–Crippen LogP) is -3.68. The van der Waals surface area contributed by atoms with E-state index < -0.39 is 11.5 Å². The Balaban J connectivity index is 0. The van der Waals surface area contributed by atoms with Crippen LogP contribution >= 0.6 is 0 Å². The Hall–Kier alpha value is -0.500. The van der Waals surface area contributed by atoms with Gasteiger partial charge in [-0.15, -0.1) is 6.26 Å². The molecule has 0 N–H and O–H groups in total. The van der Waals surface area contributed by atoms with E-state index in [9.17, 15) is 9.90 Å². The summed E-state index contributed by atoms with van der Waals surface area (Å²) in [5, 5.41) is 18.0. The fourth-order valence-electron chi connectivity index (χ4n) is 0.329. The van der Waals surface area contributed by atoms with E-state index in [-0.39, 0.29) is 42.4 Å². The van der Waals surface area contributed by atoms with Crippen LogP contribution < -0.4 is 34.7 Å². The molecule has 0 spiro atoms. The number of nitrogens with zero attached hydrogens (tertiary/aromatic N) is 1. The van der Waals surface area contributed by atoms with Crippen LogP contribution in [0.5, 0.6) is 0 Å². The van der Waals surface area contributed by atoms with Gasteiger partial charge < -0.3 is 9.84 Å². The number of rotatable bonds is 2. The first kappa shape index (κ1) is 13.1.